The normalized spacial score (nSPS) is 11.1. The topological polar surface area (TPSA) is 78.4 Å². The lowest BCUT2D eigenvalue weighted by molar-refractivity contribution is -0.119. The minimum absolute atomic E-state index is 0.0763. The third kappa shape index (κ3) is 6.72. The van der Waals surface area contributed by atoms with E-state index in [1.165, 1.54) is 6.92 Å². The molecule has 0 radical (unpaired) electrons. The molecule has 0 bridgehead atoms. The van der Waals surface area contributed by atoms with E-state index in [1.54, 1.807) is 12.1 Å². The molecule has 22 heavy (non-hydrogen) atoms. The van der Waals surface area contributed by atoms with Gasteiger partial charge in [-0.05, 0) is 36.0 Å². The fourth-order valence-electron chi connectivity index (χ4n) is 1.95. The van der Waals surface area contributed by atoms with Crippen molar-refractivity contribution in [1.29, 1.82) is 0 Å². The van der Waals surface area contributed by atoms with Gasteiger partial charge in [0.1, 0.15) is 0 Å². The molecule has 0 unspecified atom stereocenters. The minimum atomic E-state index is -0.104. The first-order chi connectivity index (χ1) is 10.3. The number of rotatable bonds is 8. The number of carbonyl (C=O) groups is 2. The van der Waals surface area contributed by atoms with Crippen molar-refractivity contribution in [1.82, 2.24) is 10.6 Å². The highest BCUT2D eigenvalue weighted by Crippen LogP contribution is 2.20. The van der Waals surface area contributed by atoms with Crippen LogP contribution in [0.25, 0.3) is 0 Å². The first-order valence-electron chi connectivity index (χ1n) is 7.56. The average molecular weight is 306 g/mol. The summed E-state index contributed by atoms with van der Waals surface area (Å²) in [6, 6.07) is 7.17. The molecular weight excluding hydrogens is 280 g/mol. The molecule has 2 amide bonds. The third-order valence-electron chi connectivity index (χ3n) is 3.50. The van der Waals surface area contributed by atoms with Crippen molar-refractivity contribution in [2.75, 3.05) is 13.2 Å². The van der Waals surface area contributed by atoms with E-state index in [4.69, 9.17) is 0 Å². The first-order valence-corrected chi connectivity index (χ1v) is 7.56. The third-order valence-corrected chi connectivity index (χ3v) is 3.50. The second-order valence-electron chi connectivity index (χ2n) is 6.29. The van der Waals surface area contributed by atoms with Crippen molar-refractivity contribution < 1.29 is 14.7 Å². The molecule has 0 fully saturated rings. The molecule has 0 atom stereocenters. The highest BCUT2D eigenvalue weighted by atomic mass is 16.3. The summed E-state index contributed by atoms with van der Waals surface area (Å²) in [5, 5.41) is 14.8. The minimum Gasteiger partial charge on any atom is -0.396 e. The fraction of sp³-hybridized carbons (Fsp3) is 0.529. The molecule has 1 aromatic rings. The van der Waals surface area contributed by atoms with Crippen LogP contribution in [0, 0.1) is 5.41 Å². The van der Waals surface area contributed by atoms with Gasteiger partial charge >= 0.3 is 0 Å². The number of amides is 2. The highest BCUT2D eigenvalue weighted by molar-refractivity contribution is 5.94. The Morgan fingerprint density at radius 3 is 2.32 bits per heavy atom. The van der Waals surface area contributed by atoms with E-state index < -0.39 is 0 Å². The van der Waals surface area contributed by atoms with Gasteiger partial charge in [0, 0.05) is 32.2 Å². The Hall–Kier alpha value is -1.88. The second kappa shape index (κ2) is 8.54. The van der Waals surface area contributed by atoms with Crippen molar-refractivity contribution in [3.63, 3.8) is 0 Å². The van der Waals surface area contributed by atoms with Crippen LogP contribution in [0.4, 0.5) is 0 Å². The van der Waals surface area contributed by atoms with Crippen molar-refractivity contribution >= 4 is 11.8 Å². The van der Waals surface area contributed by atoms with Gasteiger partial charge in [-0.3, -0.25) is 9.59 Å². The molecule has 1 aromatic carbocycles. The van der Waals surface area contributed by atoms with Gasteiger partial charge in [0.2, 0.25) is 5.91 Å². The zero-order valence-corrected chi connectivity index (χ0v) is 13.6. The fourth-order valence-corrected chi connectivity index (χ4v) is 1.95. The zero-order chi connectivity index (χ0) is 16.6. The van der Waals surface area contributed by atoms with Crippen LogP contribution >= 0.6 is 0 Å². The van der Waals surface area contributed by atoms with Crippen LogP contribution in [0.2, 0.25) is 0 Å². The van der Waals surface area contributed by atoms with Crippen LogP contribution in [-0.2, 0) is 11.3 Å². The highest BCUT2D eigenvalue weighted by Gasteiger charge is 2.15. The van der Waals surface area contributed by atoms with Crippen LogP contribution in [0.15, 0.2) is 24.3 Å². The average Bonchev–Trinajstić information content (AvgIpc) is 2.50. The van der Waals surface area contributed by atoms with Gasteiger partial charge < -0.3 is 15.7 Å². The van der Waals surface area contributed by atoms with Crippen LogP contribution in [0.3, 0.4) is 0 Å². The lowest BCUT2D eigenvalue weighted by Gasteiger charge is -2.21. The number of carbonyl (C=O) groups excluding carboxylic acids is 2. The predicted octanol–water partition coefficient (Wildman–Crippen LogP) is 1.85. The number of hydrogen-bond donors (Lipinski definition) is 3. The number of nitrogens with one attached hydrogen (secondary N) is 2. The van der Waals surface area contributed by atoms with E-state index in [9.17, 15) is 14.7 Å². The van der Waals surface area contributed by atoms with Gasteiger partial charge in [-0.15, -0.1) is 0 Å². The first kappa shape index (κ1) is 18.2. The smallest absolute Gasteiger partial charge is 0.251 e. The summed E-state index contributed by atoms with van der Waals surface area (Å²) >= 11 is 0. The largest absolute Gasteiger partial charge is 0.396 e. The lowest BCUT2D eigenvalue weighted by Crippen LogP contribution is -2.26. The number of hydrogen-bond acceptors (Lipinski definition) is 3. The summed E-state index contributed by atoms with van der Waals surface area (Å²) in [5.74, 6) is -0.180. The summed E-state index contributed by atoms with van der Waals surface area (Å²) in [6.45, 7) is 6.69. The quantitative estimate of drug-likeness (QED) is 0.641. The SMILES string of the molecule is CC(=O)NCc1ccc(C(=O)NCCCC(C)(C)CO)cc1. The molecule has 0 aliphatic heterocycles. The van der Waals surface area contributed by atoms with Gasteiger partial charge in [-0.25, -0.2) is 0 Å². The van der Waals surface area contributed by atoms with E-state index in [0.717, 1.165) is 18.4 Å². The predicted molar refractivity (Wildman–Crippen MR) is 86.4 cm³/mol. The van der Waals surface area contributed by atoms with Gasteiger partial charge in [0.05, 0.1) is 0 Å². The number of aliphatic hydroxyl groups is 1. The molecule has 1 rings (SSSR count). The molecule has 122 valence electrons. The molecule has 0 spiro atoms. The van der Waals surface area contributed by atoms with E-state index in [-0.39, 0.29) is 23.8 Å². The Bertz CT molecular complexity index is 495. The Kier molecular flexibility index (Phi) is 7.05. The molecule has 5 nitrogen and oxygen atoms in total. The summed E-state index contributed by atoms with van der Waals surface area (Å²) in [4.78, 5) is 22.8. The summed E-state index contributed by atoms with van der Waals surface area (Å²) < 4.78 is 0. The Morgan fingerprint density at radius 1 is 1.14 bits per heavy atom. The van der Waals surface area contributed by atoms with E-state index in [0.29, 0.717) is 18.7 Å². The van der Waals surface area contributed by atoms with Crippen LogP contribution in [0.5, 0.6) is 0 Å². The molecule has 5 heteroatoms. The van der Waals surface area contributed by atoms with Crippen LogP contribution in [0.1, 0.15) is 49.5 Å². The van der Waals surface area contributed by atoms with Crippen LogP contribution in [-0.4, -0.2) is 30.1 Å². The van der Waals surface area contributed by atoms with E-state index in [2.05, 4.69) is 10.6 Å². The van der Waals surface area contributed by atoms with Gasteiger partial charge in [0.15, 0.2) is 0 Å². The molecule has 0 saturated carbocycles. The zero-order valence-electron chi connectivity index (χ0n) is 13.6. The maximum Gasteiger partial charge on any atom is 0.251 e. The van der Waals surface area contributed by atoms with E-state index in [1.807, 2.05) is 26.0 Å². The molecule has 0 aliphatic carbocycles. The molecule has 0 aromatic heterocycles. The lowest BCUT2D eigenvalue weighted by atomic mass is 9.89. The molecule has 0 heterocycles. The van der Waals surface area contributed by atoms with Crippen molar-refractivity contribution in [3.8, 4) is 0 Å². The summed E-state index contributed by atoms with van der Waals surface area (Å²) in [6.07, 6.45) is 1.69. The Morgan fingerprint density at radius 2 is 1.77 bits per heavy atom. The Balaban J connectivity index is 2.38. The van der Waals surface area contributed by atoms with Gasteiger partial charge in [0.25, 0.3) is 5.91 Å². The molecular formula is C17H26N2O3. The second-order valence-corrected chi connectivity index (χ2v) is 6.29. The van der Waals surface area contributed by atoms with Crippen LogP contribution < -0.4 is 10.6 Å². The molecule has 3 N–H and O–H groups in total. The van der Waals surface area contributed by atoms with Crippen molar-refractivity contribution in [2.45, 2.75) is 40.2 Å². The van der Waals surface area contributed by atoms with E-state index >= 15 is 0 Å². The summed E-state index contributed by atoms with van der Waals surface area (Å²) in [5.41, 5.74) is 1.46. The standard InChI is InChI=1S/C17H26N2O3/c1-13(21)19-11-14-5-7-15(8-6-14)16(22)18-10-4-9-17(2,3)12-20/h5-8,20H,4,9-12H2,1-3H3,(H,18,22)(H,19,21). The number of aliphatic hydroxyl groups excluding tert-OH is 1. The molecule has 0 saturated heterocycles. The summed E-state index contributed by atoms with van der Waals surface area (Å²) in [7, 11) is 0. The maximum atomic E-state index is 12.0. The Labute approximate surface area is 132 Å². The molecule has 0 aliphatic rings. The van der Waals surface area contributed by atoms with Crippen molar-refractivity contribution in [3.05, 3.63) is 35.4 Å². The monoisotopic (exact) mass is 306 g/mol. The van der Waals surface area contributed by atoms with Crippen molar-refractivity contribution in [2.24, 2.45) is 5.41 Å². The maximum absolute atomic E-state index is 12.0. The van der Waals surface area contributed by atoms with Gasteiger partial charge in [-0.2, -0.15) is 0 Å². The van der Waals surface area contributed by atoms with Gasteiger partial charge in [-0.1, -0.05) is 26.0 Å². The number of benzene rings is 1.